The smallest absolute Gasteiger partial charge is 0.325 e. The van der Waals surface area contributed by atoms with Gasteiger partial charge >= 0.3 is 5.97 Å². The van der Waals surface area contributed by atoms with Gasteiger partial charge in [0, 0.05) is 10.6 Å². The summed E-state index contributed by atoms with van der Waals surface area (Å²) in [7, 11) is -2.26. The van der Waals surface area contributed by atoms with Gasteiger partial charge in [0.25, 0.3) is 5.91 Å². The van der Waals surface area contributed by atoms with Crippen LogP contribution in [0.1, 0.15) is 24.2 Å². The van der Waals surface area contributed by atoms with Crippen molar-refractivity contribution in [2.75, 3.05) is 7.11 Å². The highest BCUT2D eigenvalue weighted by atomic mass is 35.5. The van der Waals surface area contributed by atoms with Crippen molar-refractivity contribution >= 4 is 54.9 Å². The minimum atomic E-state index is -3.53. The lowest BCUT2D eigenvalue weighted by atomic mass is 10.2. The normalized spacial score (nSPS) is 12.5. The summed E-state index contributed by atoms with van der Waals surface area (Å²) < 4.78 is 31.9. The number of ether oxygens (including phenoxy) is 1. The summed E-state index contributed by atoms with van der Waals surface area (Å²) in [5.41, 5.74) is 0.814. The molecule has 0 bridgehead atoms. The molecular formula is C20H19ClN2O5S2. The molecule has 0 atom stereocenters. The minimum Gasteiger partial charge on any atom is -0.468 e. The minimum absolute atomic E-state index is 0.0594. The van der Waals surface area contributed by atoms with Crippen LogP contribution >= 0.6 is 22.9 Å². The van der Waals surface area contributed by atoms with E-state index in [1.54, 1.807) is 36.6 Å². The summed E-state index contributed by atoms with van der Waals surface area (Å²) in [4.78, 5) is 29.1. The van der Waals surface area contributed by atoms with E-state index in [1.807, 2.05) is 0 Å². The maximum absolute atomic E-state index is 12.8. The largest absolute Gasteiger partial charge is 0.468 e. The van der Waals surface area contributed by atoms with E-state index in [9.17, 15) is 18.0 Å². The lowest BCUT2D eigenvalue weighted by Crippen LogP contribution is -2.22. The number of amides is 1. The van der Waals surface area contributed by atoms with E-state index >= 15 is 0 Å². The maximum Gasteiger partial charge on any atom is 0.325 e. The first-order chi connectivity index (χ1) is 14.1. The number of hydrogen-bond acceptors (Lipinski definition) is 6. The molecule has 0 radical (unpaired) electrons. The van der Waals surface area contributed by atoms with Gasteiger partial charge in [-0.3, -0.25) is 9.59 Å². The monoisotopic (exact) mass is 466 g/mol. The molecule has 0 saturated carbocycles. The average molecular weight is 467 g/mol. The number of halogens is 1. The molecule has 1 heterocycles. The predicted molar refractivity (Wildman–Crippen MR) is 115 cm³/mol. The molecule has 158 valence electrons. The summed E-state index contributed by atoms with van der Waals surface area (Å²) in [5.74, 6) is -1.12. The van der Waals surface area contributed by atoms with Gasteiger partial charge in [-0.05, 0) is 50.2 Å². The molecular weight excluding hydrogens is 448 g/mol. The average Bonchev–Trinajstić information content (AvgIpc) is 3.03. The second-order valence-corrected chi connectivity index (χ2v) is 10.6. The van der Waals surface area contributed by atoms with Gasteiger partial charge in [-0.1, -0.05) is 29.0 Å². The zero-order valence-corrected chi connectivity index (χ0v) is 18.8. The molecule has 2 aromatic carbocycles. The van der Waals surface area contributed by atoms with Crippen LogP contribution in [0.2, 0.25) is 5.02 Å². The van der Waals surface area contributed by atoms with E-state index < -0.39 is 27.0 Å². The number of fused-ring (bicyclic) bond motifs is 1. The quantitative estimate of drug-likeness (QED) is 0.537. The fourth-order valence-electron chi connectivity index (χ4n) is 2.71. The van der Waals surface area contributed by atoms with Crippen LogP contribution in [0.5, 0.6) is 0 Å². The molecule has 0 fully saturated rings. The zero-order valence-electron chi connectivity index (χ0n) is 16.5. The Balaban J connectivity index is 2.12. The Labute approximate surface area is 182 Å². The third-order valence-corrected chi connectivity index (χ3v) is 7.82. The van der Waals surface area contributed by atoms with Crippen molar-refractivity contribution in [1.29, 1.82) is 0 Å². The number of hydrogen-bond donors (Lipinski definition) is 0. The first kappa shape index (κ1) is 22.2. The van der Waals surface area contributed by atoms with Crippen LogP contribution in [0.25, 0.3) is 10.2 Å². The van der Waals surface area contributed by atoms with Gasteiger partial charge in [0.05, 0.1) is 27.5 Å². The van der Waals surface area contributed by atoms with Gasteiger partial charge in [-0.15, -0.1) is 0 Å². The Morgan fingerprint density at radius 2 is 1.93 bits per heavy atom. The molecule has 0 aliphatic heterocycles. The van der Waals surface area contributed by atoms with E-state index in [1.165, 1.54) is 42.7 Å². The third kappa shape index (κ3) is 4.48. The first-order valence-electron chi connectivity index (χ1n) is 8.92. The fraction of sp³-hybridized carbons (Fsp3) is 0.250. The summed E-state index contributed by atoms with van der Waals surface area (Å²) in [6, 6.07) is 10.9. The van der Waals surface area contributed by atoms with Crippen LogP contribution in [0.15, 0.2) is 52.4 Å². The van der Waals surface area contributed by atoms with Gasteiger partial charge in [0.1, 0.15) is 6.54 Å². The molecule has 0 spiro atoms. The molecule has 0 unspecified atom stereocenters. The molecule has 30 heavy (non-hydrogen) atoms. The highest BCUT2D eigenvalue weighted by Gasteiger charge is 2.20. The van der Waals surface area contributed by atoms with Gasteiger partial charge in [-0.25, -0.2) is 8.42 Å². The number of esters is 1. The van der Waals surface area contributed by atoms with Crippen LogP contribution in [0.3, 0.4) is 0 Å². The predicted octanol–water partition coefficient (Wildman–Crippen LogP) is 3.45. The van der Waals surface area contributed by atoms with E-state index in [4.69, 9.17) is 16.3 Å². The second-order valence-electron chi connectivity index (χ2n) is 6.70. The highest BCUT2D eigenvalue weighted by molar-refractivity contribution is 7.92. The molecule has 10 heteroatoms. The number of sulfone groups is 1. The molecule has 0 N–H and O–H groups in total. The number of nitrogens with zero attached hydrogens (tertiary/aromatic N) is 2. The van der Waals surface area contributed by atoms with E-state index in [-0.39, 0.29) is 21.8 Å². The fourth-order valence-corrected chi connectivity index (χ4v) is 5.12. The Hall–Kier alpha value is -2.49. The molecule has 7 nitrogen and oxygen atoms in total. The first-order valence-corrected chi connectivity index (χ1v) is 11.7. The summed E-state index contributed by atoms with van der Waals surface area (Å²) >= 11 is 7.25. The lowest BCUT2D eigenvalue weighted by Gasteiger charge is -2.08. The topological polar surface area (TPSA) is 94.8 Å². The number of methoxy groups -OCH3 is 1. The molecule has 1 amide bonds. The number of thiazole rings is 1. The van der Waals surface area contributed by atoms with Crippen molar-refractivity contribution in [3.8, 4) is 0 Å². The zero-order chi connectivity index (χ0) is 22.1. The number of carbonyl (C=O) groups excluding carboxylic acids is 2. The maximum atomic E-state index is 12.8. The van der Waals surface area contributed by atoms with E-state index in [0.29, 0.717) is 10.5 Å². The van der Waals surface area contributed by atoms with Crippen molar-refractivity contribution in [2.45, 2.75) is 30.5 Å². The second kappa shape index (κ2) is 8.71. The number of benzene rings is 2. The van der Waals surface area contributed by atoms with Crippen molar-refractivity contribution in [2.24, 2.45) is 4.99 Å². The molecule has 0 aliphatic carbocycles. The Bertz CT molecular complexity index is 1310. The van der Waals surface area contributed by atoms with Crippen LogP contribution in [0.4, 0.5) is 0 Å². The van der Waals surface area contributed by atoms with Gasteiger partial charge in [0.15, 0.2) is 14.6 Å². The summed E-state index contributed by atoms with van der Waals surface area (Å²) in [6.45, 7) is 3.02. The van der Waals surface area contributed by atoms with Crippen molar-refractivity contribution in [3.05, 3.63) is 57.9 Å². The molecule has 1 aromatic heterocycles. The van der Waals surface area contributed by atoms with Crippen LogP contribution in [0, 0.1) is 0 Å². The van der Waals surface area contributed by atoms with Crippen molar-refractivity contribution in [3.63, 3.8) is 0 Å². The van der Waals surface area contributed by atoms with Crippen LogP contribution < -0.4 is 4.80 Å². The standard InChI is InChI=1S/C20H19ClN2O5S2/c1-12(2)30(26,27)15-6-4-5-13(9-15)19(25)22-20-23(11-18(24)28-3)16-8-7-14(21)10-17(16)29-20/h4-10,12H,11H2,1-3H3. The summed E-state index contributed by atoms with van der Waals surface area (Å²) in [5, 5.41) is -0.104. The third-order valence-electron chi connectivity index (χ3n) is 4.39. The summed E-state index contributed by atoms with van der Waals surface area (Å²) in [6.07, 6.45) is 0. The highest BCUT2D eigenvalue weighted by Crippen LogP contribution is 2.22. The molecule has 3 rings (SSSR count). The Kier molecular flexibility index (Phi) is 6.44. The molecule has 0 saturated heterocycles. The molecule has 3 aromatic rings. The van der Waals surface area contributed by atoms with E-state index in [0.717, 1.165) is 4.70 Å². The Morgan fingerprint density at radius 1 is 1.20 bits per heavy atom. The Morgan fingerprint density at radius 3 is 2.60 bits per heavy atom. The van der Waals surface area contributed by atoms with Gasteiger partial charge < -0.3 is 9.30 Å². The van der Waals surface area contributed by atoms with Crippen LogP contribution in [-0.2, 0) is 25.9 Å². The van der Waals surface area contributed by atoms with Gasteiger partial charge in [-0.2, -0.15) is 4.99 Å². The van der Waals surface area contributed by atoms with Crippen LogP contribution in [-0.4, -0.2) is 37.2 Å². The SMILES string of the molecule is COC(=O)Cn1c(=NC(=O)c2cccc(S(=O)(=O)C(C)C)c2)sc2cc(Cl)ccc21. The lowest BCUT2D eigenvalue weighted by molar-refractivity contribution is -0.141. The van der Waals surface area contributed by atoms with E-state index in [2.05, 4.69) is 4.99 Å². The van der Waals surface area contributed by atoms with Crippen molar-refractivity contribution < 1.29 is 22.7 Å². The number of rotatable bonds is 5. The molecule has 0 aliphatic rings. The van der Waals surface area contributed by atoms with Gasteiger partial charge in [0.2, 0.25) is 0 Å². The number of aromatic nitrogens is 1. The number of carbonyl (C=O) groups is 2. The van der Waals surface area contributed by atoms with Crippen molar-refractivity contribution in [1.82, 2.24) is 4.57 Å².